The van der Waals surface area contributed by atoms with E-state index in [-0.39, 0.29) is 11.9 Å². The number of nitrogen functional groups attached to an aromatic ring is 1. The number of pyridine rings is 1. The highest BCUT2D eigenvalue weighted by Gasteiger charge is 2.26. The molecule has 34 heavy (non-hydrogen) atoms. The highest BCUT2D eigenvalue weighted by Crippen LogP contribution is 2.34. The lowest BCUT2D eigenvalue weighted by molar-refractivity contribution is 0.0921. The molecule has 5 rings (SSSR count). The summed E-state index contributed by atoms with van der Waals surface area (Å²) in [5, 5.41) is 7.58. The summed E-state index contributed by atoms with van der Waals surface area (Å²) in [7, 11) is 1.52. The molecular formula is C26H28N6O2. The third-order valence-electron chi connectivity index (χ3n) is 6.64. The van der Waals surface area contributed by atoms with Crippen LogP contribution in [0.15, 0.2) is 55.0 Å². The van der Waals surface area contributed by atoms with E-state index in [0.717, 1.165) is 48.0 Å². The predicted octanol–water partition coefficient (Wildman–Crippen LogP) is 4.15. The van der Waals surface area contributed by atoms with Crippen LogP contribution in [-0.2, 0) is 0 Å². The number of carbonyl (C=O) groups is 1. The molecule has 174 valence electrons. The summed E-state index contributed by atoms with van der Waals surface area (Å²) in [4.78, 5) is 21.9. The van der Waals surface area contributed by atoms with E-state index in [9.17, 15) is 4.79 Å². The fourth-order valence-corrected chi connectivity index (χ4v) is 4.99. The number of hydrogen-bond acceptors (Lipinski definition) is 6. The number of aromatic nitrogens is 4. The molecule has 3 aromatic heterocycles. The Hall–Kier alpha value is -3.94. The quantitative estimate of drug-likeness (QED) is 0.467. The normalized spacial score (nSPS) is 18.1. The number of nitrogens with zero attached hydrogens (tertiary/aromatic N) is 4. The zero-order valence-corrected chi connectivity index (χ0v) is 19.4. The van der Waals surface area contributed by atoms with E-state index in [1.54, 1.807) is 16.8 Å². The van der Waals surface area contributed by atoms with Gasteiger partial charge in [-0.2, -0.15) is 5.10 Å². The number of amides is 1. The molecule has 1 fully saturated rings. The van der Waals surface area contributed by atoms with Crippen molar-refractivity contribution in [3.63, 3.8) is 0 Å². The molecule has 4 aromatic rings. The van der Waals surface area contributed by atoms with Crippen LogP contribution >= 0.6 is 0 Å². The van der Waals surface area contributed by atoms with Crippen molar-refractivity contribution >= 4 is 17.2 Å². The Morgan fingerprint density at radius 1 is 1.18 bits per heavy atom. The molecule has 2 atom stereocenters. The number of carbonyl (C=O) groups excluding carboxylic acids is 1. The monoisotopic (exact) mass is 456 g/mol. The maximum atomic E-state index is 13.4. The summed E-state index contributed by atoms with van der Waals surface area (Å²) in [5.41, 5.74) is 11.0. The van der Waals surface area contributed by atoms with Gasteiger partial charge in [0.1, 0.15) is 17.4 Å². The van der Waals surface area contributed by atoms with E-state index in [1.165, 1.54) is 19.0 Å². The van der Waals surface area contributed by atoms with Gasteiger partial charge in [0.05, 0.1) is 12.8 Å². The number of ether oxygens (including phenoxy) is 1. The predicted molar refractivity (Wildman–Crippen MR) is 131 cm³/mol. The highest BCUT2D eigenvalue weighted by molar-refractivity contribution is 5.97. The number of rotatable bonds is 5. The molecule has 3 N–H and O–H groups in total. The molecular weight excluding hydrogens is 428 g/mol. The van der Waals surface area contributed by atoms with E-state index in [4.69, 9.17) is 10.5 Å². The number of fused-ring (bicyclic) bond motifs is 1. The van der Waals surface area contributed by atoms with Crippen molar-refractivity contribution in [1.29, 1.82) is 0 Å². The summed E-state index contributed by atoms with van der Waals surface area (Å²) in [5.74, 6) is 0.968. The summed E-state index contributed by atoms with van der Waals surface area (Å²) in [6.45, 7) is 1.95. The van der Waals surface area contributed by atoms with Crippen LogP contribution in [0, 0.1) is 6.92 Å². The fourth-order valence-electron chi connectivity index (χ4n) is 4.99. The van der Waals surface area contributed by atoms with Crippen LogP contribution in [0.3, 0.4) is 0 Å². The van der Waals surface area contributed by atoms with E-state index in [2.05, 4.69) is 44.6 Å². The average Bonchev–Trinajstić information content (AvgIpc) is 3.22. The first-order valence-corrected chi connectivity index (χ1v) is 11.5. The van der Waals surface area contributed by atoms with Gasteiger partial charge in [-0.05, 0) is 55.4 Å². The van der Waals surface area contributed by atoms with Gasteiger partial charge >= 0.3 is 0 Å². The van der Waals surface area contributed by atoms with Crippen molar-refractivity contribution in [3.05, 3.63) is 71.7 Å². The lowest BCUT2D eigenvalue weighted by atomic mass is 9.81. The molecule has 0 aliphatic heterocycles. The van der Waals surface area contributed by atoms with Crippen LogP contribution in [0.1, 0.15) is 53.1 Å². The van der Waals surface area contributed by atoms with Gasteiger partial charge in [0.15, 0.2) is 5.82 Å². The summed E-state index contributed by atoms with van der Waals surface area (Å²) in [6, 6.07) is 14.4. The fraction of sp³-hybridized carbons (Fsp3) is 0.308. The largest absolute Gasteiger partial charge is 0.480 e. The van der Waals surface area contributed by atoms with Crippen molar-refractivity contribution in [2.75, 3.05) is 12.8 Å². The standard InChI is InChI=1S/C26H28N6O2/c1-16-11-22(32-23(16)24(27)29-15-30-32)19-13-21(26(34-2)28-14-19)25(33)31-20-10-6-9-18(12-20)17-7-4-3-5-8-17/h3-5,7-8,11,13-15,18,20H,6,9-10,12H2,1-2H3,(H,31,33)(H2,27,29,30)/t18-,20+/m1/s1. The smallest absolute Gasteiger partial charge is 0.257 e. The Labute approximate surface area is 198 Å². The number of nitrogens with one attached hydrogen (secondary N) is 1. The number of benzene rings is 1. The summed E-state index contributed by atoms with van der Waals surface area (Å²) >= 11 is 0. The number of methoxy groups -OCH3 is 1. The minimum Gasteiger partial charge on any atom is -0.480 e. The Balaban J connectivity index is 1.42. The number of hydrogen-bond donors (Lipinski definition) is 2. The first-order valence-electron chi connectivity index (χ1n) is 11.5. The van der Waals surface area contributed by atoms with Gasteiger partial charge in [-0.3, -0.25) is 4.79 Å². The topological polar surface area (TPSA) is 107 Å². The Morgan fingerprint density at radius 3 is 2.79 bits per heavy atom. The molecule has 1 saturated carbocycles. The Bertz CT molecular complexity index is 1330. The SMILES string of the molecule is COc1ncc(-c2cc(C)c3c(N)ncnn23)cc1C(=O)N[C@H]1CCC[C@@H](c2ccccc2)C1. The van der Waals surface area contributed by atoms with Crippen LogP contribution in [0.2, 0.25) is 0 Å². The zero-order valence-electron chi connectivity index (χ0n) is 19.4. The molecule has 0 unspecified atom stereocenters. The van der Waals surface area contributed by atoms with E-state index in [1.807, 2.05) is 19.1 Å². The second-order valence-corrected chi connectivity index (χ2v) is 8.84. The first kappa shape index (κ1) is 21.9. The molecule has 0 saturated heterocycles. The molecule has 0 spiro atoms. The maximum absolute atomic E-state index is 13.4. The van der Waals surface area contributed by atoms with Gasteiger partial charge in [-0.1, -0.05) is 36.8 Å². The van der Waals surface area contributed by atoms with Crippen molar-refractivity contribution in [2.45, 2.75) is 44.6 Å². The summed E-state index contributed by atoms with van der Waals surface area (Å²) < 4.78 is 7.15. The number of anilines is 1. The molecule has 1 amide bonds. The molecule has 0 bridgehead atoms. The molecule has 8 heteroatoms. The van der Waals surface area contributed by atoms with Crippen molar-refractivity contribution in [2.24, 2.45) is 0 Å². The van der Waals surface area contributed by atoms with E-state index >= 15 is 0 Å². The van der Waals surface area contributed by atoms with Gasteiger partial charge in [-0.25, -0.2) is 14.5 Å². The molecule has 1 aliphatic rings. The van der Waals surface area contributed by atoms with E-state index < -0.39 is 0 Å². The highest BCUT2D eigenvalue weighted by atomic mass is 16.5. The molecule has 3 heterocycles. The maximum Gasteiger partial charge on any atom is 0.257 e. The lowest BCUT2D eigenvalue weighted by Gasteiger charge is -2.30. The van der Waals surface area contributed by atoms with Crippen LogP contribution in [0.25, 0.3) is 16.8 Å². The van der Waals surface area contributed by atoms with Gasteiger partial charge in [0.2, 0.25) is 5.88 Å². The van der Waals surface area contributed by atoms with Crippen molar-refractivity contribution in [3.8, 4) is 17.1 Å². The Morgan fingerprint density at radius 2 is 2.00 bits per heavy atom. The van der Waals surface area contributed by atoms with Gasteiger partial charge in [0.25, 0.3) is 5.91 Å². The lowest BCUT2D eigenvalue weighted by Crippen LogP contribution is -2.38. The van der Waals surface area contributed by atoms with Crippen molar-refractivity contribution < 1.29 is 9.53 Å². The third kappa shape index (κ3) is 4.07. The third-order valence-corrected chi connectivity index (χ3v) is 6.64. The Kier molecular flexibility index (Phi) is 5.88. The minimum atomic E-state index is -0.184. The van der Waals surface area contributed by atoms with Crippen LogP contribution in [0.4, 0.5) is 5.82 Å². The molecule has 8 nitrogen and oxygen atoms in total. The zero-order chi connectivity index (χ0) is 23.7. The molecule has 1 aliphatic carbocycles. The van der Waals surface area contributed by atoms with Crippen LogP contribution in [0.5, 0.6) is 5.88 Å². The average molecular weight is 457 g/mol. The van der Waals surface area contributed by atoms with Crippen molar-refractivity contribution in [1.82, 2.24) is 24.9 Å². The van der Waals surface area contributed by atoms with E-state index in [0.29, 0.717) is 23.2 Å². The molecule has 1 aromatic carbocycles. The summed E-state index contributed by atoms with van der Waals surface area (Å²) in [6.07, 6.45) is 7.20. The van der Waals surface area contributed by atoms with Gasteiger partial charge < -0.3 is 15.8 Å². The number of aryl methyl sites for hydroxylation is 1. The van der Waals surface area contributed by atoms with Crippen LogP contribution in [-0.4, -0.2) is 38.6 Å². The second-order valence-electron chi connectivity index (χ2n) is 8.84. The van der Waals surface area contributed by atoms with Crippen LogP contribution < -0.4 is 15.8 Å². The second kappa shape index (κ2) is 9.13. The minimum absolute atomic E-state index is 0.101. The van der Waals surface area contributed by atoms with Gasteiger partial charge in [0, 0.05) is 17.8 Å². The van der Waals surface area contributed by atoms with Gasteiger partial charge in [-0.15, -0.1) is 0 Å². The number of nitrogens with two attached hydrogens (primary N) is 1. The first-order chi connectivity index (χ1) is 16.5. The molecule has 0 radical (unpaired) electrons.